The molecule has 31 heavy (non-hydrogen) atoms. The molecule has 1 heterocycles. The lowest BCUT2D eigenvalue weighted by atomic mass is 9.92. The van der Waals surface area contributed by atoms with E-state index >= 15 is 0 Å². The molecule has 0 spiro atoms. The van der Waals surface area contributed by atoms with Crippen LogP contribution in [0.4, 0.5) is 5.82 Å². The molecule has 0 saturated carbocycles. The van der Waals surface area contributed by atoms with Gasteiger partial charge in [-0.25, -0.2) is 4.68 Å². The maximum absolute atomic E-state index is 12.6. The van der Waals surface area contributed by atoms with E-state index in [9.17, 15) is 9.59 Å². The van der Waals surface area contributed by atoms with Crippen LogP contribution in [0.25, 0.3) is 16.9 Å². The molecule has 0 aliphatic carbocycles. The summed E-state index contributed by atoms with van der Waals surface area (Å²) in [6, 6.07) is 17.8. The molecule has 2 amide bonds. The van der Waals surface area contributed by atoms with Gasteiger partial charge in [-0.3, -0.25) is 9.59 Å². The summed E-state index contributed by atoms with van der Waals surface area (Å²) in [4.78, 5) is 24.6. The van der Waals surface area contributed by atoms with Crippen molar-refractivity contribution in [2.45, 2.75) is 41.0 Å². The molecule has 3 rings (SSSR count). The summed E-state index contributed by atoms with van der Waals surface area (Å²) in [5, 5.41) is 10.4. The first-order valence-corrected chi connectivity index (χ1v) is 10.4. The summed E-state index contributed by atoms with van der Waals surface area (Å²) in [6.45, 7) is 9.93. The normalized spacial score (nSPS) is 11.3. The minimum absolute atomic E-state index is 0.0896. The standard InChI is InChI=1S/C25H30N4O2/c1-17-11-12-21(18(2)13-17)29-22(14-20(28-29)19-9-7-6-8-10-19)27-24(31)16-26-23(30)15-25(3,4)5/h6-14H,15-16H2,1-5H3,(H,26,30)(H,27,31). The van der Waals surface area contributed by atoms with Gasteiger partial charge in [-0.1, -0.05) is 68.8 Å². The van der Waals surface area contributed by atoms with Crippen molar-refractivity contribution in [1.82, 2.24) is 15.1 Å². The van der Waals surface area contributed by atoms with Crippen LogP contribution in [0.15, 0.2) is 54.6 Å². The number of carbonyl (C=O) groups excluding carboxylic acids is 2. The van der Waals surface area contributed by atoms with Crippen LogP contribution in [0.2, 0.25) is 0 Å². The molecule has 0 aliphatic heterocycles. The molecule has 162 valence electrons. The minimum atomic E-state index is -0.298. The molecular weight excluding hydrogens is 388 g/mol. The van der Waals surface area contributed by atoms with Crippen LogP contribution >= 0.6 is 0 Å². The third kappa shape index (κ3) is 6.04. The number of aromatic nitrogens is 2. The first-order chi connectivity index (χ1) is 14.6. The van der Waals surface area contributed by atoms with E-state index < -0.39 is 0 Å². The van der Waals surface area contributed by atoms with E-state index in [1.165, 1.54) is 0 Å². The van der Waals surface area contributed by atoms with Crippen LogP contribution in [-0.4, -0.2) is 28.1 Å². The molecule has 6 heteroatoms. The number of hydrogen-bond acceptors (Lipinski definition) is 3. The number of hydrogen-bond donors (Lipinski definition) is 2. The number of aryl methyl sites for hydroxylation is 2. The van der Waals surface area contributed by atoms with Crippen molar-refractivity contribution in [1.29, 1.82) is 0 Å². The second kappa shape index (κ2) is 9.16. The second-order valence-corrected chi connectivity index (χ2v) is 9.04. The van der Waals surface area contributed by atoms with Crippen molar-refractivity contribution in [3.63, 3.8) is 0 Å². The molecule has 0 aliphatic rings. The number of benzene rings is 2. The van der Waals surface area contributed by atoms with Gasteiger partial charge in [-0.15, -0.1) is 0 Å². The zero-order valence-corrected chi connectivity index (χ0v) is 18.8. The van der Waals surface area contributed by atoms with Crippen molar-refractivity contribution in [3.8, 4) is 16.9 Å². The van der Waals surface area contributed by atoms with Crippen molar-refractivity contribution in [2.75, 3.05) is 11.9 Å². The first kappa shape index (κ1) is 22.3. The summed E-state index contributed by atoms with van der Waals surface area (Å²) >= 11 is 0. The average Bonchev–Trinajstić information content (AvgIpc) is 3.09. The van der Waals surface area contributed by atoms with Gasteiger partial charge in [0.2, 0.25) is 11.8 Å². The summed E-state index contributed by atoms with van der Waals surface area (Å²) in [7, 11) is 0. The third-order valence-corrected chi connectivity index (χ3v) is 4.76. The number of nitrogens with one attached hydrogen (secondary N) is 2. The highest BCUT2D eigenvalue weighted by molar-refractivity contribution is 5.94. The van der Waals surface area contributed by atoms with Crippen LogP contribution in [0, 0.1) is 19.3 Å². The molecule has 3 aromatic rings. The van der Waals surface area contributed by atoms with Crippen molar-refractivity contribution >= 4 is 17.6 Å². The summed E-state index contributed by atoms with van der Waals surface area (Å²) < 4.78 is 1.74. The topological polar surface area (TPSA) is 76.0 Å². The predicted octanol–water partition coefficient (Wildman–Crippen LogP) is 4.65. The van der Waals surface area contributed by atoms with Gasteiger partial charge < -0.3 is 10.6 Å². The monoisotopic (exact) mass is 418 g/mol. The smallest absolute Gasteiger partial charge is 0.244 e. The Bertz CT molecular complexity index is 1080. The lowest BCUT2D eigenvalue weighted by molar-refractivity contribution is -0.125. The maximum atomic E-state index is 12.6. The third-order valence-electron chi connectivity index (χ3n) is 4.76. The maximum Gasteiger partial charge on any atom is 0.244 e. The van der Waals surface area contributed by atoms with Gasteiger partial charge in [0.05, 0.1) is 17.9 Å². The van der Waals surface area contributed by atoms with E-state index in [1.54, 1.807) is 4.68 Å². The molecule has 2 N–H and O–H groups in total. The Morgan fingerprint density at radius 2 is 1.68 bits per heavy atom. The highest BCUT2D eigenvalue weighted by Gasteiger charge is 2.18. The zero-order chi connectivity index (χ0) is 22.6. The largest absolute Gasteiger partial charge is 0.347 e. The highest BCUT2D eigenvalue weighted by Crippen LogP contribution is 2.26. The SMILES string of the molecule is Cc1ccc(-n2nc(-c3ccccc3)cc2NC(=O)CNC(=O)CC(C)(C)C)c(C)c1. The molecule has 0 bridgehead atoms. The minimum Gasteiger partial charge on any atom is -0.347 e. The number of amides is 2. The van der Waals surface area contributed by atoms with Crippen LogP contribution in [-0.2, 0) is 9.59 Å². The van der Waals surface area contributed by atoms with E-state index in [0.29, 0.717) is 12.2 Å². The number of rotatable bonds is 6. The van der Waals surface area contributed by atoms with E-state index in [-0.39, 0.29) is 23.8 Å². The quantitative estimate of drug-likeness (QED) is 0.612. The first-order valence-electron chi connectivity index (χ1n) is 10.4. The molecule has 0 unspecified atom stereocenters. The van der Waals surface area contributed by atoms with Gasteiger partial charge in [0.15, 0.2) is 0 Å². The Balaban J connectivity index is 1.85. The summed E-state index contributed by atoms with van der Waals surface area (Å²) in [6.07, 6.45) is 0.360. The van der Waals surface area contributed by atoms with Crippen molar-refractivity contribution in [3.05, 3.63) is 65.7 Å². The van der Waals surface area contributed by atoms with Gasteiger partial charge in [0.1, 0.15) is 5.82 Å². The fourth-order valence-electron chi connectivity index (χ4n) is 3.36. The summed E-state index contributed by atoms with van der Waals surface area (Å²) in [5.74, 6) is 0.115. The van der Waals surface area contributed by atoms with Crippen LogP contribution in [0.3, 0.4) is 0 Å². The Hall–Kier alpha value is -3.41. The van der Waals surface area contributed by atoms with Crippen molar-refractivity contribution in [2.24, 2.45) is 5.41 Å². The van der Waals surface area contributed by atoms with E-state index in [1.807, 2.05) is 83.1 Å². The van der Waals surface area contributed by atoms with Gasteiger partial charge in [-0.2, -0.15) is 5.10 Å². The van der Waals surface area contributed by atoms with Crippen LogP contribution < -0.4 is 10.6 Å². The lowest BCUT2D eigenvalue weighted by Crippen LogP contribution is -2.35. The second-order valence-electron chi connectivity index (χ2n) is 9.04. The predicted molar refractivity (Wildman–Crippen MR) is 124 cm³/mol. The Morgan fingerprint density at radius 3 is 2.32 bits per heavy atom. The van der Waals surface area contributed by atoms with Gasteiger partial charge in [-0.05, 0) is 30.9 Å². The summed E-state index contributed by atoms with van der Waals surface area (Å²) in [5.41, 5.74) is 4.68. The lowest BCUT2D eigenvalue weighted by Gasteiger charge is -2.17. The van der Waals surface area contributed by atoms with Crippen LogP contribution in [0.5, 0.6) is 0 Å². The zero-order valence-electron chi connectivity index (χ0n) is 18.8. The molecule has 6 nitrogen and oxygen atoms in total. The Morgan fingerprint density at radius 1 is 0.968 bits per heavy atom. The van der Waals surface area contributed by atoms with E-state index in [4.69, 9.17) is 5.10 Å². The van der Waals surface area contributed by atoms with Gasteiger partial charge in [0, 0.05) is 18.1 Å². The Kier molecular flexibility index (Phi) is 6.59. The van der Waals surface area contributed by atoms with Gasteiger partial charge >= 0.3 is 0 Å². The van der Waals surface area contributed by atoms with E-state index in [0.717, 1.165) is 28.1 Å². The molecule has 0 saturated heterocycles. The highest BCUT2D eigenvalue weighted by atomic mass is 16.2. The van der Waals surface area contributed by atoms with Crippen LogP contribution in [0.1, 0.15) is 38.3 Å². The fraction of sp³-hybridized carbons (Fsp3) is 0.320. The molecule has 0 radical (unpaired) electrons. The number of anilines is 1. The number of carbonyl (C=O) groups is 2. The Labute approximate surface area is 183 Å². The molecule has 0 atom stereocenters. The fourth-order valence-corrected chi connectivity index (χ4v) is 3.36. The molecule has 2 aromatic carbocycles. The van der Waals surface area contributed by atoms with E-state index in [2.05, 4.69) is 16.7 Å². The molecule has 0 fully saturated rings. The van der Waals surface area contributed by atoms with Crippen molar-refractivity contribution < 1.29 is 9.59 Å². The van der Waals surface area contributed by atoms with Gasteiger partial charge in [0.25, 0.3) is 0 Å². The number of nitrogens with zero attached hydrogens (tertiary/aromatic N) is 2. The molecular formula is C25H30N4O2. The average molecular weight is 419 g/mol. The molecule has 1 aromatic heterocycles.